The first-order valence-corrected chi connectivity index (χ1v) is 6.48. The van der Waals surface area contributed by atoms with Crippen molar-refractivity contribution < 1.29 is 18.7 Å². The van der Waals surface area contributed by atoms with Crippen molar-refractivity contribution in [3.63, 3.8) is 0 Å². The number of rotatable bonds is 3. The summed E-state index contributed by atoms with van der Waals surface area (Å²) in [4.78, 5) is 11.8. The SMILES string of the molecule is O=C(NCc1ccccc1O)c1c(F)cc(Br)cc1F. The fourth-order valence-electron chi connectivity index (χ4n) is 1.68. The topological polar surface area (TPSA) is 49.3 Å². The lowest BCUT2D eigenvalue weighted by Gasteiger charge is -2.08. The predicted octanol–water partition coefficient (Wildman–Crippen LogP) is 3.36. The van der Waals surface area contributed by atoms with Crippen LogP contribution in [0.15, 0.2) is 40.9 Å². The number of aromatic hydroxyl groups is 1. The number of benzene rings is 2. The first kappa shape index (κ1) is 14.5. The molecule has 2 N–H and O–H groups in total. The molecule has 20 heavy (non-hydrogen) atoms. The average molecular weight is 342 g/mol. The molecule has 0 saturated carbocycles. The number of amides is 1. The number of nitrogens with one attached hydrogen (secondary N) is 1. The second-order valence-corrected chi connectivity index (χ2v) is 4.97. The maximum atomic E-state index is 13.6. The molecule has 0 bridgehead atoms. The van der Waals surface area contributed by atoms with E-state index in [9.17, 15) is 18.7 Å². The van der Waals surface area contributed by atoms with Crippen LogP contribution >= 0.6 is 15.9 Å². The van der Waals surface area contributed by atoms with Crippen LogP contribution in [0.4, 0.5) is 8.78 Å². The van der Waals surface area contributed by atoms with Gasteiger partial charge in [0.05, 0.1) is 0 Å². The fourth-order valence-corrected chi connectivity index (χ4v) is 2.09. The van der Waals surface area contributed by atoms with Gasteiger partial charge in [-0.1, -0.05) is 34.1 Å². The van der Waals surface area contributed by atoms with Crippen molar-refractivity contribution >= 4 is 21.8 Å². The van der Waals surface area contributed by atoms with Gasteiger partial charge in [-0.2, -0.15) is 0 Å². The summed E-state index contributed by atoms with van der Waals surface area (Å²) in [6, 6.07) is 8.40. The van der Waals surface area contributed by atoms with Crippen LogP contribution in [0.1, 0.15) is 15.9 Å². The van der Waals surface area contributed by atoms with Gasteiger partial charge in [-0.15, -0.1) is 0 Å². The Labute approximate surface area is 122 Å². The largest absolute Gasteiger partial charge is 0.508 e. The molecule has 2 rings (SSSR count). The molecule has 2 aromatic carbocycles. The third kappa shape index (κ3) is 3.14. The summed E-state index contributed by atoms with van der Waals surface area (Å²) in [5, 5.41) is 11.9. The van der Waals surface area contributed by atoms with Gasteiger partial charge in [0, 0.05) is 16.6 Å². The van der Waals surface area contributed by atoms with Gasteiger partial charge in [0.15, 0.2) is 0 Å². The number of carbonyl (C=O) groups excluding carboxylic acids is 1. The highest BCUT2D eigenvalue weighted by molar-refractivity contribution is 9.10. The van der Waals surface area contributed by atoms with Crippen molar-refractivity contribution in [3.05, 3.63) is 63.6 Å². The minimum atomic E-state index is -0.952. The molecule has 104 valence electrons. The molecule has 2 aromatic rings. The van der Waals surface area contributed by atoms with E-state index in [2.05, 4.69) is 21.2 Å². The third-order valence-corrected chi connectivity index (χ3v) is 3.12. The number of hydrogen-bond acceptors (Lipinski definition) is 2. The second kappa shape index (κ2) is 6.00. The van der Waals surface area contributed by atoms with Crippen molar-refractivity contribution in [1.29, 1.82) is 0 Å². The number of halogens is 3. The zero-order valence-electron chi connectivity index (χ0n) is 10.2. The van der Waals surface area contributed by atoms with Crippen LogP contribution in [0, 0.1) is 11.6 Å². The number of para-hydroxylation sites is 1. The lowest BCUT2D eigenvalue weighted by molar-refractivity contribution is 0.0942. The number of phenols is 1. The quantitative estimate of drug-likeness (QED) is 0.899. The van der Waals surface area contributed by atoms with Crippen LogP contribution < -0.4 is 5.32 Å². The zero-order valence-corrected chi connectivity index (χ0v) is 11.7. The fraction of sp³-hybridized carbons (Fsp3) is 0.0714. The third-order valence-electron chi connectivity index (χ3n) is 2.66. The molecule has 3 nitrogen and oxygen atoms in total. The second-order valence-electron chi connectivity index (χ2n) is 4.06. The smallest absolute Gasteiger partial charge is 0.257 e. The highest BCUT2D eigenvalue weighted by atomic mass is 79.9. The minimum Gasteiger partial charge on any atom is -0.508 e. The molecule has 0 spiro atoms. The maximum Gasteiger partial charge on any atom is 0.257 e. The van der Waals surface area contributed by atoms with Crippen molar-refractivity contribution in [3.8, 4) is 5.75 Å². The van der Waals surface area contributed by atoms with Crippen molar-refractivity contribution in [1.82, 2.24) is 5.32 Å². The lowest BCUT2D eigenvalue weighted by atomic mass is 10.1. The first-order valence-electron chi connectivity index (χ1n) is 5.68. The van der Waals surface area contributed by atoms with Crippen LogP contribution in [-0.2, 0) is 6.54 Å². The molecule has 0 aliphatic heterocycles. The molecule has 0 radical (unpaired) electrons. The summed E-state index contributed by atoms with van der Waals surface area (Å²) in [6.07, 6.45) is 0. The number of phenolic OH excluding ortho intramolecular Hbond substituents is 1. The van der Waals surface area contributed by atoms with Gasteiger partial charge < -0.3 is 10.4 Å². The molecular weight excluding hydrogens is 332 g/mol. The van der Waals surface area contributed by atoms with Crippen LogP contribution in [0.5, 0.6) is 5.75 Å². The van der Waals surface area contributed by atoms with E-state index < -0.39 is 23.1 Å². The van der Waals surface area contributed by atoms with Crippen molar-refractivity contribution in [2.75, 3.05) is 0 Å². The van der Waals surface area contributed by atoms with Crippen LogP contribution in [-0.4, -0.2) is 11.0 Å². The van der Waals surface area contributed by atoms with Gasteiger partial charge >= 0.3 is 0 Å². The molecule has 0 aliphatic carbocycles. The van der Waals surface area contributed by atoms with E-state index in [1.807, 2.05) is 0 Å². The Morgan fingerprint density at radius 1 is 1.20 bits per heavy atom. The highest BCUT2D eigenvalue weighted by Gasteiger charge is 2.18. The van der Waals surface area contributed by atoms with Gasteiger partial charge in [0.25, 0.3) is 5.91 Å². The van der Waals surface area contributed by atoms with Gasteiger partial charge in [0.2, 0.25) is 0 Å². The first-order chi connectivity index (χ1) is 9.49. The highest BCUT2D eigenvalue weighted by Crippen LogP contribution is 2.20. The van der Waals surface area contributed by atoms with E-state index in [-0.39, 0.29) is 16.8 Å². The normalized spacial score (nSPS) is 10.3. The molecule has 0 unspecified atom stereocenters. The van der Waals surface area contributed by atoms with Crippen molar-refractivity contribution in [2.45, 2.75) is 6.54 Å². The average Bonchev–Trinajstić information content (AvgIpc) is 2.36. The van der Waals surface area contributed by atoms with E-state index >= 15 is 0 Å². The molecule has 0 saturated heterocycles. The van der Waals surface area contributed by atoms with Crippen LogP contribution in [0.3, 0.4) is 0 Å². The van der Waals surface area contributed by atoms with E-state index in [1.165, 1.54) is 6.07 Å². The Bertz CT molecular complexity index is 638. The molecule has 0 heterocycles. The molecule has 1 amide bonds. The van der Waals surface area contributed by atoms with Crippen LogP contribution in [0.2, 0.25) is 0 Å². The van der Waals surface area contributed by atoms with E-state index in [1.54, 1.807) is 18.2 Å². The Morgan fingerprint density at radius 2 is 1.80 bits per heavy atom. The summed E-state index contributed by atoms with van der Waals surface area (Å²) < 4.78 is 27.4. The van der Waals surface area contributed by atoms with Gasteiger partial charge in [-0.25, -0.2) is 8.78 Å². The van der Waals surface area contributed by atoms with Gasteiger partial charge in [-0.05, 0) is 18.2 Å². The van der Waals surface area contributed by atoms with E-state index in [4.69, 9.17) is 0 Å². The Kier molecular flexibility index (Phi) is 4.34. The van der Waals surface area contributed by atoms with E-state index in [0.29, 0.717) is 5.56 Å². The zero-order chi connectivity index (χ0) is 14.7. The van der Waals surface area contributed by atoms with Gasteiger partial charge in [0.1, 0.15) is 22.9 Å². The summed E-state index contributed by atoms with van der Waals surface area (Å²) in [5.74, 6) is -2.78. The molecule has 0 aliphatic rings. The summed E-state index contributed by atoms with van der Waals surface area (Å²) in [5.41, 5.74) is -0.192. The Balaban J connectivity index is 2.16. The number of hydrogen-bond donors (Lipinski definition) is 2. The van der Waals surface area contributed by atoms with E-state index in [0.717, 1.165) is 12.1 Å². The summed E-state index contributed by atoms with van der Waals surface area (Å²) >= 11 is 2.94. The van der Waals surface area contributed by atoms with Crippen molar-refractivity contribution in [2.24, 2.45) is 0 Å². The standard InChI is InChI=1S/C14H10BrF2NO2/c15-9-5-10(16)13(11(17)6-9)14(20)18-7-8-3-1-2-4-12(8)19/h1-6,19H,7H2,(H,18,20). The molecule has 6 heteroatoms. The number of carbonyl (C=O) groups is 1. The predicted molar refractivity (Wildman–Crippen MR) is 73.3 cm³/mol. The minimum absolute atomic E-state index is 0.00421. The molecule has 0 fully saturated rings. The monoisotopic (exact) mass is 341 g/mol. The van der Waals surface area contributed by atoms with Crippen LogP contribution in [0.25, 0.3) is 0 Å². The molecule has 0 atom stereocenters. The lowest BCUT2D eigenvalue weighted by Crippen LogP contribution is -2.25. The molecule has 0 aromatic heterocycles. The summed E-state index contributed by atoms with van der Waals surface area (Å²) in [6.45, 7) is -0.0273. The molecular formula is C14H10BrF2NO2. The van der Waals surface area contributed by atoms with Gasteiger partial charge in [-0.3, -0.25) is 4.79 Å². The Hall–Kier alpha value is -1.95. The Morgan fingerprint density at radius 3 is 2.40 bits per heavy atom. The summed E-state index contributed by atoms with van der Waals surface area (Å²) in [7, 11) is 0. The maximum absolute atomic E-state index is 13.6.